The van der Waals surface area contributed by atoms with Gasteiger partial charge in [-0.15, -0.1) is 0 Å². The number of nitrogen functional groups attached to an aromatic ring is 1. The van der Waals surface area contributed by atoms with Crippen LogP contribution in [-0.4, -0.2) is 28.6 Å². The first-order valence-electron chi connectivity index (χ1n) is 8.98. The molecule has 136 valence electrons. The number of anilines is 1. The number of nitrogens with two attached hydrogens (primary N) is 2. The molecular formula is C20H30N4O. The lowest BCUT2D eigenvalue weighted by atomic mass is 9.93. The first-order valence-corrected chi connectivity index (χ1v) is 8.98. The van der Waals surface area contributed by atoms with Crippen LogP contribution in [0.5, 0.6) is 5.75 Å². The van der Waals surface area contributed by atoms with Crippen LogP contribution < -0.4 is 11.5 Å². The number of benzene rings is 1. The number of aromatic nitrogens is 1. The second-order valence-electron chi connectivity index (χ2n) is 6.12. The fourth-order valence-electron chi connectivity index (χ4n) is 3.47. The van der Waals surface area contributed by atoms with Gasteiger partial charge in [-0.25, -0.2) is 0 Å². The SMILES string of the molecule is CC.CCC1c2c([nH]c(N)c2/C=C(\N)c2ccccc2O)CCN1C. The zero-order valence-electron chi connectivity index (χ0n) is 15.6. The minimum atomic E-state index is 0.174. The molecule has 5 heteroatoms. The van der Waals surface area contributed by atoms with Crippen LogP contribution in [0.2, 0.25) is 0 Å². The van der Waals surface area contributed by atoms with Gasteiger partial charge in [0.25, 0.3) is 0 Å². The van der Waals surface area contributed by atoms with Gasteiger partial charge in [-0.2, -0.15) is 0 Å². The largest absolute Gasteiger partial charge is 0.507 e. The first kappa shape index (κ1) is 18.9. The van der Waals surface area contributed by atoms with Gasteiger partial charge in [0.15, 0.2) is 0 Å². The molecule has 1 aliphatic rings. The molecule has 1 aromatic heterocycles. The lowest BCUT2D eigenvalue weighted by Gasteiger charge is -2.32. The zero-order valence-corrected chi connectivity index (χ0v) is 15.6. The summed E-state index contributed by atoms with van der Waals surface area (Å²) in [5.41, 5.74) is 17.0. The number of H-pyrrole nitrogens is 1. The summed E-state index contributed by atoms with van der Waals surface area (Å²) in [6.07, 6.45) is 3.84. The monoisotopic (exact) mass is 342 g/mol. The highest BCUT2D eigenvalue weighted by molar-refractivity contribution is 5.86. The lowest BCUT2D eigenvalue weighted by Crippen LogP contribution is -2.31. The molecule has 1 unspecified atom stereocenters. The van der Waals surface area contributed by atoms with E-state index in [4.69, 9.17) is 11.5 Å². The normalized spacial score (nSPS) is 17.6. The summed E-state index contributed by atoms with van der Waals surface area (Å²) >= 11 is 0. The minimum absolute atomic E-state index is 0.174. The van der Waals surface area contributed by atoms with Crippen molar-refractivity contribution in [2.75, 3.05) is 19.3 Å². The predicted octanol–water partition coefficient (Wildman–Crippen LogP) is 3.72. The maximum absolute atomic E-state index is 9.99. The Hall–Kier alpha value is -2.40. The van der Waals surface area contributed by atoms with Gasteiger partial charge < -0.3 is 21.6 Å². The molecule has 0 saturated carbocycles. The van der Waals surface area contributed by atoms with Crippen LogP contribution >= 0.6 is 0 Å². The highest BCUT2D eigenvalue weighted by Gasteiger charge is 2.28. The van der Waals surface area contributed by atoms with Gasteiger partial charge in [0.1, 0.15) is 11.6 Å². The van der Waals surface area contributed by atoms with Crippen molar-refractivity contribution in [3.05, 3.63) is 46.6 Å². The molecule has 3 rings (SSSR count). The smallest absolute Gasteiger partial charge is 0.124 e. The fourth-order valence-corrected chi connectivity index (χ4v) is 3.47. The van der Waals surface area contributed by atoms with E-state index in [9.17, 15) is 5.11 Å². The fraction of sp³-hybridized carbons (Fsp3) is 0.400. The van der Waals surface area contributed by atoms with E-state index in [2.05, 4.69) is 23.9 Å². The number of rotatable bonds is 3. The van der Waals surface area contributed by atoms with Crippen LogP contribution in [0, 0.1) is 0 Å². The molecule has 2 aromatic rings. The number of phenolic OH excluding ortho intramolecular Hbond substituents is 1. The summed E-state index contributed by atoms with van der Waals surface area (Å²) in [5.74, 6) is 0.815. The molecule has 0 spiro atoms. The Morgan fingerprint density at radius 3 is 2.68 bits per heavy atom. The molecule has 1 aliphatic heterocycles. The highest BCUT2D eigenvalue weighted by Crippen LogP contribution is 2.38. The Labute approximate surface area is 150 Å². The molecule has 1 aromatic carbocycles. The van der Waals surface area contributed by atoms with Crippen molar-refractivity contribution in [2.24, 2.45) is 5.73 Å². The third-order valence-electron chi connectivity index (χ3n) is 4.67. The van der Waals surface area contributed by atoms with Crippen molar-refractivity contribution in [1.29, 1.82) is 0 Å². The number of phenols is 1. The number of hydrogen-bond donors (Lipinski definition) is 4. The number of para-hydroxylation sites is 1. The highest BCUT2D eigenvalue weighted by atomic mass is 16.3. The van der Waals surface area contributed by atoms with E-state index in [1.165, 1.54) is 11.3 Å². The summed E-state index contributed by atoms with van der Waals surface area (Å²) in [7, 11) is 2.14. The topological polar surface area (TPSA) is 91.3 Å². The van der Waals surface area contributed by atoms with Gasteiger partial charge in [0.2, 0.25) is 0 Å². The van der Waals surface area contributed by atoms with Gasteiger partial charge in [0, 0.05) is 41.5 Å². The lowest BCUT2D eigenvalue weighted by molar-refractivity contribution is 0.224. The quantitative estimate of drug-likeness (QED) is 0.684. The Balaban J connectivity index is 0.00000109. The van der Waals surface area contributed by atoms with Gasteiger partial charge in [-0.05, 0) is 37.2 Å². The molecule has 0 radical (unpaired) electrons. The van der Waals surface area contributed by atoms with Crippen LogP contribution in [-0.2, 0) is 6.42 Å². The molecule has 0 fully saturated rings. The third kappa shape index (κ3) is 3.66. The van der Waals surface area contributed by atoms with E-state index < -0.39 is 0 Å². The summed E-state index contributed by atoms with van der Waals surface area (Å²) < 4.78 is 0. The molecule has 0 bridgehead atoms. The number of nitrogens with zero attached hydrogens (tertiary/aromatic N) is 1. The van der Waals surface area contributed by atoms with Gasteiger partial charge in [0.05, 0.1) is 0 Å². The summed E-state index contributed by atoms with van der Waals surface area (Å²) in [4.78, 5) is 5.66. The molecule has 25 heavy (non-hydrogen) atoms. The minimum Gasteiger partial charge on any atom is -0.507 e. The third-order valence-corrected chi connectivity index (χ3v) is 4.67. The van der Waals surface area contributed by atoms with E-state index >= 15 is 0 Å². The van der Waals surface area contributed by atoms with Crippen LogP contribution in [0.1, 0.15) is 55.6 Å². The molecule has 2 heterocycles. The van der Waals surface area contributed by atoms with Gasteiger partial charge in [-0.3, -0.25) is 4.90 Å². The number of nitrogens with one attached hydrogen (secondary N) is 1. The Kier molecular flexibility index (Phi) is 6.15. The van der Waals surface area contributed by atoms with E-state index in [1.54, 1.807) is 18.2 Å². The van der Waals surface area contributed by atoms with Crippen LogP contribution in [0.4, 0.5) is 5.82 Å². The summed E-state index contributed by atoms with van der Waals surface area (Å²) in [6.45, 7) is 7.20. The van der Waals surface area contributed by atoms with Crippen molar-refractivity contribution >= 4 is 17.6 Å². The van der Waals surface area contributed by atoms with E-state index in [1.807, 2.05) is 26.0 Å². The van der Waals surface area contributed by atoms with Gasteiger partial charge >= 0.3 is 0 Å². The second-order valence-corrected chi connectivity index (χ2v) is 6.12. The average molecular weight is 342 g/mol. The Morgan fingerprint density at radius 2 is 2.04 bits per heavy atom. The van der Waals surface area contributed by atoms with Gasteiger partial charge in [-0.1, -0.05) is 32.9 Å². The Morgan fingerprint density at radius 1 is 1.36 bits per heavy atom. The number of likely N-dealkylation sites (N-methyl/N-ethyl adjacent to an activating group) is 1. The Bertz CT molecular complexity index is 748. The summed E-state index contributed by atoms with van der Waals surface area (Å²) in [6, 6.07) is 7.40. The maximum atomic E-state index is 9.99. The molecule has 0 saturated heterocycles. The number of hydrogen-bond acceptors (Lipinski definition) is 4. The van der Waals surface area contributed by atoms with Crippen molar-refractivity contribution in [3.63, 3.8) is 0 Å². The maximum Gasteiger partial charge on any atom is 0.124 e. The summed E-state index contributed by atoms with van der Waals surface area (Å²) in [5, 5.41) is 9.99. The van der Waals surface area contributed by atoms with Crippen LogP contribution in [0.3, 0.4) is 0 Å². The molecule has 0 aliphatic carbocycles. The molecule has 0 amide bonds. The predicted molar refractivity (Wildman–Crippen MR) is 106 cm³/mol. The van der Waals surface area contributed by atoms with Crippen molar-refractivity contribution < 1.29 is 5.11 Å². The van der Waals surface area contributed by atoms with E-state index in [-0.39, 0.29) is 5.75 Å². The molecule has 5 nitrogen and oxygen atoms in total. The molecular weight excluding hydrogens is 312 g/mol. The molecule has 1 atom stereocenters. The van der Waals surface area contributed by atoms with E-state index in [0.29, 0.717) is 23.1 Å². The standard InChI is InChI=1S/C18H24N4O.C2H6/c1-3-15-17-12(18(20)21-14(17)8-9-22(15)2)10-13(19)11-6-4-5-7-16(11)23;1-2/h4-7,10,15,21,23H,3,8-9,19-20H2,1-2H3;1-2H3/b13-10-;. The number of fused-ring (bicyclic) bond motifs is 1. The second kappa shape index (κ2) is 8.12. The van der Waals surface area contributed by atoms with Crippen molar-refractivity contribution in [2.45, 2.75) is 39.7 Å². The average Bonchev–Trinajstić information content (AvgIpc) is 2.93. The zero-order chi connectivity index (χ0) is 18.6. The first-order chi connectivity index (χ1) is 12.0. The van der Waals surface area contributed by atoms with Crippen molar-refractivity contribution in [1.82, 2.24) is 9.88 Å². The number of aromatic amines is 1. The van der Waals surface area contributed by atoms with E-state index in [0.717, 1.165) is 24.9 Å². The van der Waals surface area contributed by atoms with Crippen molar-refractivity contribution in [3.8, 4) is 5.75 Å². The van der Waals surface area contributed by atoms with Crippen LogP contribution in [0.15, 0.2) is 24.3 Å². The number of aromatic hydroxyl groups is 1. The van der Waals surface area contributed by atoms with Crippen LogP contribution in [0.25, 0.3) is 11.8 Å². The molecule has 6 N–H and O–H groups in total.